The van der Waals surface area contributed by atoms with Crippen LogP contribution in [0.25, 0.3) is 0 Å². The number of aromatic nitrogens is 2. The molecule has 0 aliphatic carbocycles. The van der Waals surface area contributed by atoms with E-state index in [1.165, 1.54) is 17.1 Å². The summed E-state index contributed by atoms with van der Waals surface area (Å²) in [7, 11) is 0. The van der Waals surface area contributed by atoms with Crippen LogP contribution in [0, 0.1) is 0 Å². The van der Waals surface area contributed by atoms with Crippen LogP contribution in [0.3, 0.4) is 0 Å². The van der Waals surface area contributed by atoms with Crippen molar-refractivity contribution in [1.82, 2.24) is 15.1 Å². The number of amides is 1. The number of hydrogen-bond donors (Lipinski definition) is 2. The summed E-state index contributed by atoms with van der Waals surface area (Å²) >= 11 is 0. The predicted octanol–water partition coefficient (Wildman–Crippen LogP) is 0.0203. The van der Waals surface area contributed by atoms with E-state index in [2.05, 4.69) is 5.10 Å². The lowest BCUT2D eigenvalue weighted by atomic mass is 10.4. The molecule has 0 atom stereocenters. The number of nitrogens with one attached hydrogen (secondary N) is 1. The highest BCUT2D eigenvalue weighted by Crippen LogP contribution is 2.11. The van der Waals surface area contributed by atoms with E-state index < -0.39 is 18.6 Å². The van der Waals surface area contributed by atoms with E-state index >= 15 is 0 Å². The molecule has 0 spiro atoms. The predicted molar refractivity (Wildman–Crippen MR) is 49.2 cm³/mol. The Morgan fingerprint density at radius 3 is 2.75 bits per heavy atom. The average Bonchev–Trinajstić information content (AvgIpc) is 2.61. The molecule has 1 rings (SSSR count). The highest BCUT2D eigenvalue weighted by Gasteiger charge is 2.27. The molecule has 0 saturated carbocycles. The van der Waals surface area contributed by atoms with Crippen molar-refractivity contribution in [2.45, 2.75) is 19.3 Å². The van der Waals surface area contributed by atoms with Crippen molar-refractivity contribution in [3.05, 3.63) is 18.0 Å². The Kier molecular flexibility index (Phi) is 3.88. The molecular weight excluding hydrogens is 225 g/mol. The van der Waals surface area contributed by atoms with E-state index in [1.54, 1.807) is 5.32 Å². The second-order valence-electron chi connectivity index (χ2n) is 3.14. The zero-order valence-electron chi connectivity index (χ0n) is 8.29. The molecule has 0 aromatic carbocycles. The van der Waals surface area contributed by atoms with Gasteiger partial charge in [0.25, 0.3) is 0 Å². The molecule has 8 heteroatoms. The van der Waals surface area contributed by atoms with E-state index in [9.17, 15) is 18.0 Å². The fourth-order valence-corrected chi connectivity index (χ4v) is 1.00. The van der Waals surface area contributed by atoms with Crippen LogP contribution in [0.2, 0.25) is 0 Å². The van der Waals surface area contributed by atoms with Gasteiger partial charge in [0, 0.05) is 18.3 Å². The first kappa shape index (κ1) is 12.5. The average molecular weight is 236 g/mol. The molecule has 3 N–H and O–H groups in total. The van der Waals surface area contributed by atoms with E-state index in [-0.39, 0.29) is 13.1 Å². The molecule has 0 saturated heterocycles. The van der Waals surface area contributed by atoms with Gasteiger partial charge in [-0.2, -0.15) is 18.3 Å². The minimum atomic E-state index is -4.40. The van der Waals surface area contributed by atoms with Crippen molar-refractivity contribution >= 4 is 5.91 Å². The lowest BCUT2D eigenvalue weighted by Crippen LogP contribution is -2.35. The molecule has 90 valence electrons. The van der Waals surface area contributed by atoms with Crippen LogP contribution >= 0.6 is 0 Å². The topological polar surface area (TPSA) is 72.9 Å². The summed E-state index contributed by atoms with van der Waals surface area (Å²) in [6.07, 6.45) is -1.44. The molecule has 1 heterocycles. The van der Waals surface area contributed by atoms with Crippen LogP contribution in [0.5, 0.6) is 0 Å². The SMILES string of the molecule is NCc1cnn(CC(=O)NCC(F)(F)F)c1. The summed E-state index contributed by atoms with van der Waals surface area (Å²) < 4.78 is 36.5. The van der Waals surface area contributed by atoms with Crippen LogP contribution < -0.4 is 11.1 Å². The second-order valence-corrected chi connectivity index (χ2v) is 3.14. The zero-order valence-corrected chi connectivity index (χ0v) is 8.29. The maximum Gasteiger partial charge on any atom is 0.405 e. The van der Waals surface area contributed by atoms with E-state index in [1.807, 2.05) is 0 Å². The summed E-state index contributed by atoms with van der Waals surface area (Å²) in [6.45, 7) is -1.32. The fraction of sp³-hybridized carbons (Fsp3) is 0.500. The van der Waals surface area contributed by atoms with Crippen LogP contribution in [0.1, 0.15) is 5.56 Å². The van der Waals surface area contributed by atoms with Gasteiger partial charge in [0.15, 0.2) is 0 Å². The standard InChI is InChI=1S/C8H11F3N4O/c9-8(10,11)5-13-7(16)4-15-3-6(1-12)2-14-15/h2-3H,1,4-5,12H2,(H,13,16). The molecule has 0 aliphatic rings. The quantitative estimate of drug-likeness (QED) is 0.774. The largest absolute Gasteiger partial charge is 0.405 e. The number of nitrogens with zero attached hydrogens (tertiary/aromatic N) is 2. The van der Waals surface area contributed by atoms with Crippen LogP contribution in [0.4, 0.5) is 13.2 Å². The summed E-state index contributed by atoms with van der Waals surface area (Å²) in [4.78, 5) is 11.1. The third-order valence-electron chi connectivity index (χ3n) is 1.71. The number of nitrogens with two attached hydrogens (primary N) is 1. The van der Waals surface area contributed by atoms with Crippen molar-refractivity contribution < 1.29 is 18.0 Å². The molecule has 0 unspecified atom stereocenters. The first-order valence-corrected chi connectivity index (χ1v) is 4.45. The van der Waals surface area contributed by atoms with Crippen molar-refractivity contribution in [3.63, 3.8) is 0 Å². The minimum absolute atomic E-state index is 0.254. The molecule has 1 aromatic rings. The number of carbonyl (C=O) groups is 1. The number of halogens is 3. The van der Waals surface area contributed by atoms with Gasteiger partial charge < -0.3 is 11.1 Å². The van der Waals surface area contributed by atoms with Gasteiger partial charge in [-0.1, -0.05) is 0 Å². The summed E-state index contributed by atoms with van der Waals surface area (Å²) in [5.74, 6) is -0.746. The van der Waals surface area contributed by atoms with Crippen molar-refractivity contribution in [3.8, 4) is 0 Å². The third-order valence-corrected chi connectivity index (χ3v) is 1.71. The Morgan fingerprint density at radius 2 is 2.25 bits per heavy atom. The van der Waals surface area contributed by atoms with E-state index in [0.29, 0.717) is 5.56 Å². The molecule has 0 aliphatic heterocycles. The van der Waals surface area contributed by atoms with Gasteiger partial charge >= 0.3 is 6.18 Å². The number of hydrogen-bond acceptors (Lipinski definition) is 3. The molecule has 16 heavy (non-hydrogen) atoms. The Labute approximate surface area is 89.4 Å². The third kappa shape index (κ3) is 4.30. The Hall–Kier alpha value is -1.57. The zero-order chi connectivity index (χ0) is 12.2. The molecule has 1 aromatic heterocycles. The highest BCUT2D eigenvalue weighted by molar-refractivity contribution is 5.75. The maximum absolute atomic E-state index is 11.8. The maximum atomic E-state index is 11.8. The highest BCUT2D eigenvalue weighted by atomic mass is 19.4. The number of alkyl halides is 3. The summed E-state index contributed by atoms with van der Waals surface area (Å²) in [5, 5.41) is 5.51. The second kappa shape index (κ2) is 4.97. The van der Waals surface area contributed by atoms with Gasteiger partial charge in [0.05, 0.1) is 6.20 Å². The molecule has 1 amide bonds. The minimum Gasteiger partial charge on any atom is -0.345 e. The lowest BCUT2D eigenvalue weighted by Gasteiger charge is -2.07. The summed E-state index contributed by atoms with van der Waals surface area (Å²) in [5.41, 5.74) is 6.02. The molecule has 0 radical (unpaired) electrons. The Balaban J connectivity index is 2.40. The monoisotopic (exact) mass is 236 g/mol. The fourth-order valence-electron chi connectivity index (χ4n) is 1.00. The first-order chi connectivity index (χ1) is 7.40. The van der Waals surface area contributed by atoms with Gasteiger partial charge in [-0.3, -0.25) is 9.48 Å². The van der Waals surface area contributed by atoms with Gasteiger partial charge in [0.1, 0.15) is 13.1 Å². The molecule has 0 fully saturated rings. The molecule has 0 bridgehead atoms. The van der Waals surface area contributed by atoms with Crippen LogP contribution in [0.15, 0.2) is 12.4 Å². The first-order valence-electron chi connectivity index (χ1n) is 4.45. The van der Waals surface area contributed by atoms with Gasteiger partial charge in [-0.15, -0.1) is 0 Å². The lowest BCUT2D eigenvalue weighted by molar-refractivity contribution is -0.138. The van der Waals surface area contributed by atoms with E-state index in [0.717, 1.165) is 0 Å². The molecule has 5 nitrogen and oxygen atoms in total. The van der Waals surface area contributed by atoms with Crippen LogP contribution in [-0.4, -0.2) is 28.4 Å². The van der Waals surface area contributed by atoms with Gasteiger partial charge in [0.2, 0.25) is 5.91 Å². The van der Waals surface area contributed by atoms with Crippen molar-refractivity contribution in [2.75, 3.05) is 6.54 Å². The summed E-state index contributed by atoms with van der Waals surface area (Å²) in [6, 6.07) is 0. The van der Waals surface area contributed by atoms with Crippen molar-refractivity contribution in [1.29, 1.82) is 0 Å². The van der Waals surface area contributed by atoms with Gasteiger partial charge in [-0.05, 0) is 0 Å². The van der Waals surface area contributed by atoms with E-state index in [4.69, 9.17) is 5.73 Å². The molecular formula is C8H11F3N4O. The van der Waals surface area contributed by atoms with Crippen molar-refractivity contribution in [2.24, 2.45) is 5.73 Å². The number of rotatable bonds is 4. The normalized spacial score (nSPS) is 11.5. The Morgan fingerprint density at radius 1 is 1.56 bits per heavy atom. The smallest absolute Gasteiger partial charge is 0.345 e. The van der Waals surface area contributed by atoms with Crippen LogP contribution in [-0.2, 0) is 17.9 Å². The van der Waals surface area contributed by atoms with Gasteiger partial charge in [-0.25, -0.2) is 0 Å². The number of carbonyl (C=O) groups excluding carboxylic acids is 1. The Bertz CT molecular complexity index is 360.